The zero-order valence-electron chi connectivity index (χ0n) is 7.45. The highest BCUT2D eigenvalue weighted by Crippen LogP contribution is 2.38. The van der Waals surface area contributed by atoms with Crippen LogP contribution in [0.3, 0.4) is 0 Å². The van der Waals surface area contributed by atoms with Crippen LogP contribution in [0.4, 0.5) is 22.0 Å². The first-order chi connectivity index (χ1) is 7.29. The minimum Gasteiger partial charge on any atom is -0.253 e. The lowest BCUT2D eigenvalue weighted by atomic mass is 10.1. The van der Waals surface area contributed by atoms with E-state index in [0.717, 1.165) is 0 Å². The van der Waals surface area contributed by atoms with Gasteiger partial charge in [0.1, 0.15) is 5.69 Å². The highest BCUT2D eigenvalue weighted by molar-refractivity contribution is 9.10. The average Bonchev–Trinajstić information content (AvgIpc) is 2.15. The molecule has 0 aliphatic carbocycles. The molecule has 0 bridgehead atoms. The molecule has 0 fully saturated rings. The minimum absolute atomic E-state index is 0.190. The van der Waals surface area contributed by atoms with Crippen molar-refractivity contribution in [3.05, 3.63) is 27.5 Å². The summed E-state index contributed by atoms with van der Waals surface area (Å²) >= 11 is 5.55. The zero-order chi connectivity index (χ0) is 12.5. The summed E-state index contributed by atoms with van der Waals surface area (Å²) in [6.45, 7) is 0. The van der Waals surface area contributed by atoms with E-state index < -0.39 is 23.9 Å². The fourth-order valence-electron chi connectivity index (χ4n) is 1.07. The number of hydrogen-bond donors (Lipinski definition) is 0. The molecule has 0 aromatic carbocycles. The first kappa shape index (κ1) is 13.8. The number of nitrogens with zero attached hydrogens (tertiary/aromatic N) is 1. The van der Waals surface area contributed by atoms with Crippen LogP contribution in [0.25, 0.3) is 0 Å². The van der Waals surface area contributed by atoms with E-state index >= 15 is 0 Å². The van der Waals surface area contributed by atoms with Crippen LogP contribution in [0.5, 0.6) is 0 Å². The molecule has 1 rings (SSSR count). The molecule has 0 saturated carbocycles. The lowest BCUT2D eigenvalue weighted by Gasteiger charge is -2.14. The second kappa shape index (κ2) is 4.95. The second-order valence-electron chi connectivity index (χ2n) is 2.78. The first-order valence-corrected chi connectivity index (χ1v) is 5.79. The maximum atomic E-state index is 12.5. The maximum Gasteiger partial charge on any atom is 0.418 e. The fraction of sp³-hybridized carbons (Fsp3) is 0.375. The smallest absolute Gasteiger partial charge is 0.253 e. The third kappa shape index (κ3) is 2.71. The Balaban J connectivity index is 3.41. The molecular weight excluding hydrogens is 365 g/mol. The van der Waals surface area contributed by atoms with Crippen LogP contribution in [-0.2, 0) is 11.5 Å². The highest BCUT2D eigenvalue weighted by Gasteiger charge is 2.35. The highest BCUT2D eigenvalue weighted by atomic mass is 79.9. The topological polar surface area (TPSA) is 12.9 Å². The molecule has 0 unspecified atom stereocenters. The van der Waals surface area contributed by atoms with E-state index in [9.17, 15) is 22.0 Å². The number of rotatable bonds is 2. The standard InChI is InChI=1S/C8H4Br2F5N/c9-1-3-4(8(13,14)15)2-16-6(5(3)10)7(11)12/h2,7H,1H2. The number of halogens is 7. The van der Waals surface area contributed by atoms with Gasteiger partial charge in [-0.25, -0.2) is 8.78 Å². The molecule has 16 heavy (non-hydrogen) atoms. The van der Waals surface area contributed by atoms with E-state index in [2.05, 4.69) is 36.8 Å². The van der Waals surface area contributed by atoms with Crippen LogP contribution < -0.4 is 0 Å². The first-order valence-electron chi connectivity index (χ1n) is 3.87. The van der Waals surface area contributed by atoms with Crippen LogP contribution >= 0.6 is 31.9 Å². The summed E-state index contributed by atoms with van der Waals surface area (Å²) in [5.41, 5.74) is -2.00. The molecule has 1 aromatic rings. The summed E-state index contributed by atoms with van der Waals surface area (Å²) in [6, 6.07) is 0. The Bertz CT molecular complexity index is 391. The summed E-state index contributed by atoms with van der Waals surface area (Å²) in [7, 11) is 0. The van der Waals surface area contributed by atoms with Crippen molar-refractivity contribution in [1.82, 2.24) is 4.98 Å². The molecule has 0 aliphatic heterocycles. The molecule has 0 N–H and O–H groups in total. The fourth-order valence-corrected chi connectivity index (χ4v) is 2.66. The van der Waals surface area contributed by atoms with Gasteiger partial charge in [-0.05, 0) is 21.5 Å². The maximum absolute atomic E-state index is 12.5. The predicted octanol–water partition coefficient (Wildman–Crippen LogP) is 4.70. The Morgan fingerprint density at radius 2 is 1.88 bits per heavy atom. The third-order valence-electron chi connectivity index (χ3n) is 1.79. The van der Waals surface area contributed by atoms with E-state index in [1.807, 2.05) is 0 Å². The van der Waals surface area contributed by atoms with Gasteiger partial charge in [-0.1, -0.05) is 15.9 Å². The van der Waals surface area contributed by atoms with Crippen LogP contribution in [0.15, 0.2) is 10.7 Å². The summed E-state index contributed by atoms with van der Waals surface area (Å²) in [5.74, 6) is 0. The van der Waals surface area contributed by atoms with Gasteiger partial charge in [-0.2, -0.15) is 13.2 Å². The van der Waals surface area contributed by atoms with Gasteiger partial charge in [-0.15, -0.1) is 0 Å². The lowest BCUT2D eigenvalue weighted by molar-refractivity contribution is -0.138. The summed E-state index contributed by atoms with van der Waals surface area (Å²) in [5, 5.41) is -0.190. The number of alkyl halides is 6. The Morgan fingerprint density at radius 1 is 1.31 bits per heavy atom. The van der Waals surface area contributed by atoms with E-state index in [-0.39, 0.29) is 15.4 Å². The molecule has 0 saturated heterocycles. The van der Waals surface area contributed by atoms with Gasteiger partial charge in [0, 0.05) is 16.0 Å². The molecule has 0 spiro atoms. The van der Waals surface area contributed by atoms with Crippen molar-refractivity contribution in [2.24, 2.45) is 0 Å². The van der Waals surface area contributed by atoms with Gasteiger partial charge in [0.05, 0.1) is 5.56 Å². The van der Waals surface area contributed by atoms with Crippen molar-refractivity contribution in [1.29, 1.82) is 0 Å². The number of hydrogen-bond acceptors (Lipinski definition) is 1. The molecule has 8 heteroatoms. The molecule has 1 heterocycles. The predicted molar refractivity (Wildman–Crippen MR) is 54.5 cm³/mol. The molecular formula is C8H4Br2F5N. The number of pyridine rings is 1. The van der Waals surface area contributed by atoms with Gasteiger partial charge in [0.25, 0.3) is 6.43 Å². The van der Waals surface area contributed by atoms with E-state index in [1.165, 1.54) is 0 Å². The summed E-state index contributed by atoms with van der Waals surface area (Å²) in [4.78, 5) is 3.12. The molecule has 1 nitrogen and oxygen atoms in total. The van der Waals surface area contributed by atoms with Crippen LogP contribution in [-0.4, -0.2) is 4.98 Å². The van der Waals surface area contributed by atoms with Gasteiger partial charge in [0.15, 0.2) is 0 Å². The molecule has 0 radical (unpaired) electrons. The molecule has 0 amide bonds. The van der Waals surface area contributed by atoms with Crippen LogP contribution in [0, 0.1) is 0 Å². The summed E-state index contributed by atoms with van der Waals surface area (Å²) < 4.78 is 61.9. The Labute approximate surface area is 104 Å². The Hall–Kier alpha value is -0.240. The largest absolute Gasteiger partial charge is 0.418 e. The lowest BCUT2D eigenvalue weighted by Crippen LogP contribution is -2.11. The van der Waals surface area contributed by atoms with Gasteiger partial charge >= 0.3 is 6.18 Å². The molecule has 1 aromatic heterocycles. The summed E-state index contributed by atoms with van der Waals surface area (Å²) in [6.07, 6.45) is -7.11. The average molecular weight is 369 g/mol. The van der Waals surface area contributed by atoms with Crippen molar-refractivity contribution in [3.63, 3.8) is 0 Å². The normalized spacial score (nSPS) is 12.2. The van der Waals surface area contributed by atoms with E-state index in [0.29, 0.717) is 6.20 Å². The molecule has 90 valence electrons. The van der Waals surface area contributed by atoms with Crippen LogP contribution in [0.1, 0.15) is 23.2 Å². The monoisotopic (exact) mass is 367 g/mol. The Morgan fingerprint density at radius 3 is 2.25 bits per heavy atom. The minimum atomic E-state index is -4.61. The Kier molecular flexibility index (Phi) is 4.28. The van der Waals surface area contributed by atoms with Gasteiger partial charge < -0.3 is 0 Å². The van der Waals surface area contributed by atoms with Crippen molar-refractivity contribution in [2.45, 2.75) is 17.9 Å². The van der Waals surface area contributed by atoms with Crippen molar-refractivity contribution in [2.75, 3.05) is 0 Å². The van der Waals surface area contributed by atoms with Gasteiger partial charge in [0.2, 0.25) is 0 Å². The SMILES string of the molecule is FC(F)c1ncc(C(F)(F)F)c(CBr)c1Br. The van der Waals surface area contributed by atoms with Gasteiger partial charge in [-0.3, -0.25) is 4.98 Å². The number of aromatic nitrogens is 1. The van der Waals surface area contributed by atoms with Crippen molar-refractivity contribution >= 4 is 31.9 Å². The van der Waals surface area contributed by atoms with E-state index in [4.69, 9.17) is 0 Å². The van der Waals surface area contributed by atoms with E-state index in [1.54, 1.807) is 0 Å². The zero-order valence-corrected chi connectivity index (χ0v) is 10.6. The van der Waals surface area contributed by atoms with Crippen LogP contribution in [0.2, 0.25) is 0 Å². The second-order valence-corrected chi connectivity index (χ2v) is 4.14. The molecule has 0 atom stereocenters. The van der Waals surface area contributed by atoms with Crippen molar-refractivity contribution < 1.29 is 22.0 Å². The van der Waals surface area contributed by atoms with Crippen molar-refractivity contribution in [3.8, 4) is 0 Å². The quantitative estimate of drug-likeness (QED) is 0.545. The third-order valence-corrected chi connectivity index (χ3v) is 3.24. The molecule has 0 aliphatic rings.